The number of rotatable bonds is 9. The van der Waals surface area contributed by atoms with Gasteiger partial charge in [0.25, 0.3) is 0 Å². The molecule has 3 nitrogen and oxygen atoms in total. The highest BCUT2D eigenvalue weighted by Gasteiger charge is 1.88. The molecule has 3 heteroatoms. The van der Waals surface area contributed by atoms with Gasteiger partial charge in [0, 0.05) is 26.9 Å². The number of nitrogens with one attached hydrogen (secondary N) is 1. The van der Waals surface area contributed by atoms with Gasteiger partial charge in [-0.05, 0) is 19.4 Å². The Labute approximate surface area is 75.4 Å². The van der Waals surface area contributed by atoms with E-state index in [0.717, 1.165) is 39.3 Å². The molecule has 74 valence electrons. The van der Waals surface area contributed by atoms with Crippen molar-refractivity contribution in [2.24, 2.45) is 0 Å². The first kappa shape index (κ1) is 11.9. The summed E-state index contributed by atoms with van der Waals surface area (Å²) in [5, 5.41) is 3.27. The van der Waals surface area contributed by atoms with Gasteiger partial charge in [0.2, 0.25) is 0 Å². The van der Waals surface area contributed by atoms with Crippen LogP contribution in [0, 0.1) is 0 Å². The van der Waals surface area contributed by atoms with Gasteiger partial charge in [0.05, 0.1) is 6.61 Å². The van der Waals surface area contributed by atoms with Crippen molar-refractivity contribution in [1.82, 2.24) is 5.32 Å². The lowest BCUT2D eigenvalue weighted by Gasteiger charge is -2.04. The van der Waals surface area contributed by atoms with Crippen molar-refractivity contribution in [1.29, 1.82) is 0 Å². The van der Waals surface area contributed by atoms with Crippen LogP contribution in [0.3, 0.4) is 0 Å². The van der Waals surface area contributed by atoms with Crippen molar-refractivity contribution in [2.45, 2.75) is 19.8 Å². The van der Waals surface area contributed by atoms with Crippen molar-refractivity contribution in [3.63, 3.8) is 0 Å². The molecule has 0 fully saturated rings. The Morgan fingerprint density at radius 1 is 1.08 bits per heavy atom. The minimum Gasteiger partial charge on any atom is -0.385 e. The van der Waals surface area contributed by atoms with Crippen LogP contribution >= 0.6 is 0 Å². The smallest absolute Gasteiger partial charge is 0.0590 e. The fourth-order valence-corrected chi connectivity index (χ4v) is 0.854. The topological polar surface area (TPSA) is 30.5 Å². The van der Waals surface area contributed by atoms with Crippen LogP contribution in [0.1, 0.15) is 19.8 Å². The van der Waals surface area contributed by atoms with E-state index in [4.69, 9.17) is 9.47 Å². The molecule has 1 N–H and O–H groups in total. The van der Waals surface area contributed by atoms with Crippen molar-refractivity contribution in [3.05, 3.63) is 0 Å². The van der Waals surface area contributed by atoms with Crippen LogP contribution in [0.5, 0.6) is 0 Å². The molecule has 0 atom stereocenters. The molecule has 0 saturated heterocycles. The molecule has 0 aromatic heterocycles. The molecule has 0 amide bonds. The van der Waals surface area contributed by atoms with Crippen molar-refractivity contribution in [3.8, 4) is 0 Å². The van der Waals surface area contributed by atoms with Crippen molar-refractivity contribution in [2.75, 3.05) is 40.0 Å². The van der Waals surface area contributed by atoms with Crippen LogP contribution in [-0.4, -0.2) is 40.0 Å². The predicted molar refractivity (Wildman–Crippen MR) is 50.5 cm³/mol. The molecule has 0 aromatic rings. The summed E-state index contributed by atoms with van der Waals surface area (Å²) in [6, 6.07) is 0. The van der Waals surface area contributed by atoms with Crippen LogP contribution in [0.15, 0.2) is 0 Å². The van der Waals surface area contributed by atoms with E-state index in [1.54, 1.807) is 7.11 Å². The molecule has 0 radical (unpaired) electrons. The molecule has 0 aliphatic carbocycles. The summed E-state index contributed by atoms with van der Waals surface area (Å²) < 4.78 is 10.2. The second kappa shape index (κ2) is 10.9. The van der Waals surface area contributed by atoms with E-state index in [2.05, 4.69) is 12.2 Å². The molecule has 0 aliphatic rings. The van der Waals surface area contributed by atoms with Gasteiger partial charge in [-0.25, -0.2) is 0 Å². The normalized spacial score (nSPS) is 10.5. The Bertz CT molecular complexity index is 68.9. The van der Waals surface area contributed by atoms with Crippen LogP contribution in [0.25, 0.3) is 0 Å². The van der Waals surface area contributed by atoms with E-state index < -0.39 is 0 Å². The van der Waals surface area contributed by atoms with Gasteiger partial charge in [-0.3, -0.25) is 0 Å². The zero-order chi connectivity index (χ0) is 9.07. The lowest BCUT2D eigenvalue weighted by atomic mass is 10.5. The second-order valence-electron chi connectivity index (χ2n) is 2.71. The average Bonchev–Trinajstić information content (AvgIpc) is 2.10. The Hall–Kier alpha value is -0.120. The minimum atomic E-state index is 0.794. The largest absolute Gasteiger partial charge is 0.385 e. The summed E-state index contributed by atoms with van der Waals surface area (Å²) in [6.07, 6.45) is 2.17. The van der Waals surface area contributed by atoms with Crippen LogP contribution < -0.4 is 5.32 Å². The fourth-order valence-electron chi connectivity index (χ4n) is 0.854. The Kier molecular flexibility index (Phi) is 10.8. The first-order chi connectivity index (χ1) is 5.91. The van der Waals surface area contributed by atoms with E-state index >= 15 is 0 Å². The van der Waals surface area contributed by atoms with Gasteiger partial charge in [0.15, 0.2) is 0 Å². The van der Waals surface area contributed by atoms with Gasteiger partial charge in [-0.15, -0.1) is 0 Å². The van der Waals surface area contributed by atoms with E-state index in [1.165, 1.54) is 6.42 Å². The third-order valence-electron chi connectivity index (χ3n) is 1.49. The Balaban J connectivity index is 2.73. The van der Waals surface area contributed by atoms with Gasteiger partial charge in [-0.2, -0.15) is 0 Å². The fraction of sp³-hybridized carbons (Fsp3) is 1.00. The molecule has 0 bridgehead atoms. The molecular formula is C9H21NO2. The summed E-state index contributed by atoms with van der Waals surface area (Å²) in [6.45, 7) is 6.61. The Morgan fingerprint density at radius 2 is 1.92 bits per heavy atom. The molecule has 0 spiro atoms. The predicted octanol–water partition coefficient (Wildman–Crippen LogP) is 1.04. The average molecular weight is 175 g/mol. The molecular weight excluding hydrogens is 154 g/mol. The van der Waals surface area contributed by atoms with Gasteiger partial charge in [-0.1, -0.05) is 6.92 Å². The maximum atomic E-state index is 5.34. The maximum Gasteiger partial charge on any atom is 0.0590 e. The lowest BCUT2D eigenvalue weighted by Crippen LogP contribution is -2.20. The monoisotopic (exact) mass is 175 g/mol. The quantitative estimate of drug-likeness (QED) is 0.531. The third-order valence-corrected chi connectivity index (χ3v) is 1.49. The van der Waals surface area contributed by atoms with E-state index in [9.17, 15) is 0 Å². The van der Waals surface area contributed by atoms with Gasteiger partial charge < -0.3 is 14.8 Å². The SMILES string of the molecule is CCCNCCOCCCOC. The first-order valence-corrected chi connectivity index (χ1v) is 4.69. The highest BCUT2D eigenvalue weighted by atomic mass is 16.5. The number of ether oxygens (including phenoxy) is 2. The molecule has 0 aromatic carbocycles. The van der Waals surface area contributed by atoms with Gasteiger partial charge >= 0.3 is 0 Å². The summed E-state index contributed by atoms with van der Waals surface area (Å²) in [5.74, 6) is 0. The van der Waals surface area contributed by atoms with Gasteiger partial charge in [0.1, 0.15) is 0 Å². The summed E-state index contributed by atoms with van der Waals surface area (Å²) in [4.78, 5) is 0. The van der Waals surface area contributed by atoms with Crippen LogP contribution in [0.4, 0.5) is 0 Å². The molecule has 0 saturated carbocycles. The molecule has 0 unspecified atom stereocenters. The standard InChI is InChI=1S/C9H21NO2/c1-3-5-10-6-9-12-8-4-7-11-2/h10H,3-9H2,1-2H3. The van der Waals surface area contributed by atoms with E-state index in [0.29, 0.717) is 0 Å². The number of methoxy groups -OCH3 is 1. The third kappa shape index (κ3) is 9.88. The molecule has 0 aliphatic heterocycles. The van der Waals surface area contributed by atoms with Crippen LogP contribution in [0.2, 0.25) is 0 Å². The minimum absolute atomic E-state index is 0.794. The molecule has 12 heavy (non-hydrogen) atoms. The summed E-state index contributed by atoms with van der Waals surface area (Å²) in [5.41, 5.74) is 0. The number of hydrogen-bond acceptors (Lipinski definition) is 3. The highest BCUT2D eigenvalue weighted by Crippen LogP contribution is 1.82. The lowest BCUT2D eigenvalue weighted by molar-refractivity contribution is 0.104. The van der Waals surface area contributed by atoms with Crippen molar-refractivity contribution < 1.29 is 9.47 Å². The molecule has 0 heterocycles. The highest BCUT2D eigenvalue weighted by molar-refractivity contribution is 4.43. The first-order valence-electron chi connectivity index (χ1n) is 4.69. The van der Waals surface area contributed by atoms with E-state index in [1.807, 2.05) is 0 Å². The van der Waals surface area contributed by atoms with Crippen molar-refractivity contribution >= 4 is 0 Å². The summed E-state index contributed by atoms with van der Waals surface area (Å²) in [7, 11) is 1.71. The molecule has 0 rings (SSSR count). The van der Waals surface area contributed by atoms with E-state index in [-0.39, 0.29) is 0 Å². The number of hydrogen-bond donors (Lipinski definition) is 1. The zero-order valence-corrected chi connectivity index (χ0v) is 8.27. The zero-order valence-electron chi connectivity index (χ0n) is 8.27. The van der Waals surface area contributed by atoms with Crippen LogP contribution in [-0.2, 0) is 9.47 Å². The Morgan fingerprint density at radius 3 is 2.58 bits per heavy atom. The second-order valence-corrected chi connectivity index (χ2v) is 2.71. The maximum absolute atomic E-state index is 5.34. The summed E-state index contributed by atoms with van der Waals surface area (Å²) >= 11 is 0.